The fourth-order valence-electron chi connectivity index (χ4n) is 3.29. The molecule has 1 rings (SSSR count). The number of rotatable bonds is 10. The van der Waals surface area contributed by atoms with Gasteiger partial charge in [0.1, 0.15) is 11.6 Å². The van der Waals surface area contributed by atoms with Crippen LogP contribution in [0.5, 0.6) is 0 Å². The van der Waals surface area contributed by atoms with E-state index in [1.165, 1.54) is 32.1 Å². The van der Waals surface area contributed by atoms with Crippen molar-refractivity contribution in [1.29, 1.82) is 0 Å². The zero-order valence-electron chi connectivity index (χ0n) is 13.2. The van der Waals surface area contributed by atoms with Crippen molar-refractivity contribution in [2.45, 2.75) is 78.1 Å². The molecule has 1 aliphatic rings. The van der Waals surface area contributed by atoms with E-state index >= 15 is 0 Å². The number of ketones is 2. The van der Waals surface area contributed by atoms with Gasteiger partial charge in [0.15, 0.2) is 0 Å². The van der Waals surface area contributed by atoms with E-state index in [0.29, 0.717) is 31.0 Å². The van der Waals surface area contributed by atoms with Gasteiger partial charge >= 0.3 is 0 Å². The minimum absolute atomic E-state index is 0.0422. The highest BCUT2D eigenvalue weighted by Crippen LogP contribution is 2.38. The van der Waals surface area contributed by atoms with Crippen LogP contribution in [0.4, 0.5) is 0 Å². The summed E-state index contributed by atoms with van der Waals surface area (Å²) in [6, 6.07) is 0. The van der Waals surface area contributed by atoms with Crippen molar-refractivity contribution in [3.05, 3.63) is 12.2 Å². The first kappa shape index (κ1) is 17.1. The number of carbonyl (C=O) groups excluding carboxylic acids is 2. The van der Waals surface area contributed by atoms with Gasteiger partial charge in [-0.25, -0.2) is 0 Å². The molecule has 0 bridgehead atoms. The lowest BCUT2D eigenvalue weighted by Gasteiger charge is -2.20. The highest BCUT2D eigenvalue weighted by Gasteiger charge is 2.35. The van der Waals surface area contributed by atoms with E-state index in [2.05, 4.69) is 13.5 Å². The van der Waals surface area contributed by atoms with Crippen molar-refractivity contribution in [3.63, 3.8) is 0 Å². The summed E-state index contributed by atoms with van der Waals surface area (Å²) in [5.74, 6) is 1.08. The third kappa shape index (κ3) is 5.60. The molecule has 2 atom stereocenters. The van der Waals surface area contributed by atoms with E-state index in [9.17, 15) is 9.59 Å². The molecule has 0 heterocycles. The SMILES string of the molecule is C=C(CCC(C)=O)[C@@H]1C(=O)CC[C@@H]1CCCCCCC. The Hall–Kier alpha value is -0.920. The number of hydrogen-bond acceptors (Lipinski definition) is 2. The smallest absolute Gasteiger partial charge is 0.140 e. The molecule has 1 saturated carbocycles. The Morgan fingerprint density at radius 2 is 1.90 bits per heavy atom. The molecular formula is C18H30O2. The summed E-state index contributed by atoms with van der Waals surface area (Å²) in [5, 5.41) is 0. The van der Waals surface area contributed by atoms with Crippen molar-refractivity contribution in [2.24, 2.45) is 11.8 Å². The maximum absolute atomic E-state index is 12.1. The van der Waals surface area contributed by atoms with E-state index in [1.807, 2.05) is 0 Å². The second-order valence-electron chi connectivity index (χ2n) is 6.31. The Morgan fingerprint density at radius 1 is 1.20 bits per heavy atom. The molecule has 0 saturated heterocycles. The second kappa shape index (κ2) is 9.10. The number of carbonyl (C=O) groups is 2. The lowest BCUT2D eigenvalue weighted by Crippen LogP contribution is -2.17. The van der Waals surface area contributed by atoms with Crippen LogP contribution >= 0.6 is 0 Å². The van der Waals surface area contributed by atoms with Gasteiger partial charge in [0, 0.05) is 18.8 Å². The quantitative estimate of drug-likeness (QED) is 0.422. The monoisotopic (exact) mass is 278 g/mol. The Balaban J connectivity index is 2.38. The highest BCUT2D eigenvalue weighted by molar-refractivity contribution is 5.86. The van der Waals surface area contributed by atoms with Crippen molar-refractivity contribution < 1.29 is 9.59 Å². The Bertz CT molecular complexity index is 343. The van der Waals surface area contributed by atoms with Crippen LogP contribution in [0.25, 0.3) is 0 Å². The van der Waals surface area contributed by atoms with Crippen molar-refractivity contribution in [2.75, 3.05) is 0 Å². The van der Waals surface area contributed by atoms with E-state index in [4.69, 9.17) is 0 Å². The van der Waals surface area contributed by atoms with Crippen LogP contribution in [0.1, 0.15) is 78.1 Å². The van der Waals surface area contributed by atoms with E-state index in [0.717, 1.165) is 18.4 Å². The topological polar surface area (TPSA) is 34.1 Å². The molecule has 0 aromatic rings. The first-order valence-electron chi connectivity index (χ1n) is 8.26. The number of hydrogen-bond donors (Lipinski definition) is 0. The molecule has 0 radical (unpaired) electrons. The number of Topliss-reactive ketones (excluding diaryl/α,β-unsaturated/α-hetero) is 2. The molecule has 1 aliphatic carbocycles. The maximum atomic E-state index is 12.1. The van der Waals surface area contributed by atoms with Crippen molar-refractivity contribution >= 4 is 11.6 Å². The molecule has 0 aliphatic heterocycles. The molecule has 0 spiro atoms. The van der Waals surface area contributed by atoms with Crippen LogP contribution in [0.2, 0.25) is 0 Å². The van der Waals surface area contributed by atoms with Crippen LogP contribution in [0, 0.1) is 11.8 Å². The summed E-state index contributed by atoms with van der Waals surface area (Å²) in [5.41, 5.74) is 1.00. The molecule has 0 amide bonds. The van der Waals surface area contributed by atoms with Gasteiger partial charge in [-0.1, -0.05) is 51.2 Å². The molecule has 114 valence electrons. The Labute approximate surface area is 124 Å². The molecule has 0 unspecified atom stereocenters. The normalized spacial score (nSPS) is 22.2. The molecule has 2 heteroatoms. The van der Waals surface area contributed by atoms with E-state index in [1.54, 1.807) is 6.92 Å². The molecular weight excluding hydrogens is 248 g/mol. The third-order valence-electron chi connectivity index (χ3n) is 4.50. The number of allylic oxidation sites excluding steroid dienone is 1. The van der Waals surface area contributed by atoms with Gasteiger partial charge in [0.05, 0.1) is 0 Å². The third-order valence-corrected chi connectivity index (χ3v) is 4.50. The minimum atomic E-state index is 0.0422. The van der Waals surface area contributed by atoms with Gasteiger partial charge in [-0.3, -0.25) is 4.79 Å². The van der Waals surface area contributed by atoms with Gasteiger partial charge in [0.2, 0.25) is 0 Å². The average Bonchev–Trinajstić information content (AvgIpc) is 2.77. The maximum Gasteiger partial charge on any atom is 0.140 e. The molecule has 1 fully saturated rings. The predicted octanol–water partition coefficient (Wildman–Crippen LogP) is 4.87. The summed E-state index contributed by atoms with van der Waals surface area (Å²) < 4.78 is 0. The molecule has 0 aromatic carbocycles. The molecule has 0 aromatic heterocycles. The van der Waals surface area contributed by atoms with Crippen LogP contribution < -0.4 is 0 Å². The summed E-state index contributed by atoms with van der Waals surface area (Å²) in [6.07, 6.45) is 10.5. The largest absolute Gasteiger partial charge is 0.300 e. The first-order chi connectivity index (χ1) is 9.56. The standard InChI is InChI=1S/C18H30O2/c1-4-5-6-7-8-9-16-12-13-17(20)18(16)14(2)10-11-15(3)19/h16,18H,2,4-13H2,1,3H3/t16-,18-/m0/s1. The van der Waals surface area contributed by atoms with Crippen LogP contribution in [0.3, 0.4) is 0 Å². The van der Waals surface area contributed by atoms with Crippen molar-refractivity contribution in [1.82, 2.24) is 0 Å². The molecule has 20 heavy (non-hydrogen) atoms. The van der Waals surface area contributed by atoms with E-state index < -0.39 is 0 Å². The van der Waals surface area contributed by atoms with Crippen molar-refractivity contribution in [3.8, 4) is 0 Å². The summed E-state index contributed by atoms with van der Waals surface area (Å²) in [6.45, 7) is 7.93. The summed E-state index contributed by atoms with van der Waals surface area (Å²) in [7, 11) is 0. The first-order valence-corrected chi connectivity index (χ1v) is 8.26. The van der Waals surface area contributed by atoms with Crippen LogP contribution in [-0.2, 0) is 9.59 Å². The van der Waals surface area contributed by atoms with E-state index in [-0.39, 0.29) is 11.7 Å². The Kier molecular flexibility index (Phi) is 7.79. The summed E-state index contributed by atoms with van der Waals surface area (Å²) in [4.78, 5) is 23.1. The fraction of sp³-hybridized carbons (Fsp3) is 0.778. The Morgan fingerprint density at radius 3 is 2.55 bits per heavy atom. The number of unbranched alkanes of at least 4 members (excludes halogenated alkanes) is 4. The zero-order valence-corrected chi connectivity index (χ0v) is 13.2. The summed E-state index contributed by atoms with van der Waals surface area (Å²) >= 11 is 0. The van der Waals surface area contributed by atoms with Gasteiger partial charge in [0.25, 0.3) is 0 Å². The zero-order chi connectivity index (χ0) is 15.0. The van der Waals surface area contributed by atoms with Gasteiger partial charge in [-0.15, -0.1) is 0 Å². The lowest BCUT2D eigenvalue weighted by atomic mass is 9.83. The van der Waals surface area contributed by atoms with Crippen LogP contribution in [0.15, 0.2) is 12.2 Å². The van der Waals surface area contributed by atoms with Crippen LogP contribution in [-0.4, -0.2) is 11.6 Å². The van der Waals surface area contributed by atoms with Gasteiger partial charge in [-0.2, -0.15) is 0 Å². The second-order valence-corrected chi connectivity index (χ2v) is 6.31. The molecule has 2 nitrogen and oxygen atoms in total. The lowest BCUT2D eigenvalue weighted by molar-refractivity contribution is -0.120. The van der Waals surface area contributed by atoms with Gasteiger partial charge < -0.3 is 4.79 Å². The molecule has 0 N–H and O–H groups in total. The predicted molar refractivity (Wildman–Crippen MR) is 83.7 cm³/mol. The highest BCUT2D eigenvalue weighted by atomic mass is 16.1. The average molecular weight is 278 g/mol. The minimum Gasteiger partial charge on any atom is -0.300 e. The van der Waals surface area contributed by atoms with Gasteiger partial charge in [-0.05, 0) is 32.1 Å². The fourth-order valence-corrected chi connectivity index (χ4v) is 3.29.